The molecule has 26 heavy (non-hydrogen) atoms. The molecule has 0 N–H and O–H groups in total. The predicted octanol–water partition coefficient (Wildman–Crippen LogP) is 4.16. The van der Waals surface area contributed by atoms with Crippen molar-refractivity contribution in [1.29, 1.82) is 5.26 Å². The van der Waals surface area contributed by atoms with E-state index in [1.54, 1.807) is 0 Å². The van der Waals surface area contributed by atoms with Gasteiger partial charge in [0.15, 0.2) is 0 Å². The third-order valence-corrected chi connectivity index (χ3v) is 6.35. The van der Waals surface area contributed by atoms with E-state index in [4.69, 9.17) is 9.31 Å². The highest BCUT2D eigenvalue weighted by atomic mass is 16.7. The van der Waals surface area contributed by atoms with Gasteiger partial charge in [-0.05, 0) is 67.5 Å². The van der Waals surface area contributed by atoms with Gasteiger partial charge in [0.1, 0.15) is 0 Å². The van der Waals surface area contributed by atoms with Crippen LogP contribution in [0.15, 0.2) is 36.4 Å². The SMILES string of the molecule is CC1(C)c2ccc(B3OC(C)(C)C(C)(C)O3)cc2-c2ccc(C#N)cc21. The van der Waals surface area contributed by atoms with E-state index in [2.05, 4.69) is 71.9 Å². The number of nitrogens with zero attached hydrogens (tertiary/aromatic N) is 1. The summed E-state index contributed by atoms with van der Waals surface area (Å²) in [5, 5.41) is 9.26. The Morgan fingerprint density at radius 1 is 0.808 bits per heavy atom. The van der Waals surface area contributed by atoms with Crippen molar-refractivity contribution in [2.45, 2.75) is 58.2 Å². The minimum absolute atomic E-state index is 0.119. The van der Waals surface area contributed by atoms with Gasteiger partial charge in [0.05, 0.1) is 22.8 Å². The highest BCUT2D eigenvalue weighted by Crippen LogP contribution is 2.48. The lowest BCUT2D eigenvalue weighted by Crippen LogP contribution is -2.41. The van der Waals surface area contributed by atoms with E-state index in [1.807, 2.05) is 12.1 Å². The first-order chi connectivity index (χ1) is 12.1. The molecule has 3 nitrogen and oxygen atoms in total. The summed E-state index contributed by atoms with van der Waals surface area (Å²) in [5.74, 6) is 0. The number of benzene rings is 2. The fourth-order valence-electron chi connectivity index (χ4n) is 3.97. The van der Waals surface area contributed by atoms with Crippen LogP contribution in [0, 0.1) is 11.3 Å². The van der Waals surface area contributed by atoms with E-state index in [1.165, 1.54) is 22.3 Å². The molecule has 0 unspecified atom stereocenters. The molecule has 0 spiro atoms. The second kappa shape index (κ2) is 5.22. The molecule has 4 rings (SSSR count). The summed E-state index contributed by atoms with van der Waals surface area (Å²) >= 11 is 0. The summed E-state index contributed by atoms with van der Waals surface area (Å²) in [6, 6.07) is 14.7. The van der Waals surface area contributed by atoms with Crippen LogP contribution in [-0.2, 0) is 14.7 Å². The van der Waals surface area contributed by atoms with Gasteiger partial charge in [0.2, 0.25) is 0 Å². The maximum Gasteiger partial charge on any atom is 0.494 e. The topological polar surface area (TPSA) is 42.2 Å². The molecule has 2 aliphatic rings. The molecular weight excluding hydrogens is 321 g/mol. The highest BCUT2D eigenvalue weighted by molar-refractivity contribution is 6.62. The Hall–Kier alpha value is -2.09. The molecule has 0 aromatic heterocycles. The number of nitriles is 1. The lowest BCUT2D eigenvalue weighted by atomic mass is 9.76. The zero-order valence-corrected chi connectivity index (χ0v) is 16.3. The molecule has 1 saturated heterocycles. The van der Waals surface area contributed by atoms with Crippen molar-refractivity contribution < 1.29 is 9.31 Å². The fraction of sp³-hybridized carbons (Fsp3) is 0.409. The van der Waals surface area contributed by atoms with Crippen LogP contribution in [0.25, 0.3) is 11.1 Å². The molecule has 0 atom stereocenters. The normalized spacial score (nSPS) is 21.2. The summed E-state index contributed by atoms with van der Waals surface area (Å²) in [7, 11) is -0.365. The van der Waals surface area contributed by atoms with Crippen LogP contribution in [0.1, 0.15) is 58.2 Å². The van der Waals surface area contributed by atoms with Gasteiger partial charge in [-0.25, -0.2) is 0 Å². The Labute approximate surface area is 156 Å². The molecule has 0 amide bonds. The minimum Gasteiger partial charge on any atom is -0.399 e. The Kier molecular flexibility index (Phi) is 3.48. The van der Waals surface area contributed by atoms with E-state index < -0.39 is 0 Å². The average molecular weight is 345 g/mol. The van der Waals surface area contributed by atoms with Crippen LogP contribution in [0.5, 0.6) is 0 Å². The maximum atomic E-state index is 9.26. The molecule has 0 radical (unpaired) electrons. The summed E-state index contributed by atoms with van der Waals surface area (Å²) in [6.07, 6.45) is 0. The lowest BCUT2D eigenvalue weighted by Gasteiger charge is -2.32. The van der Waals surface area contributed by atoms with Crippen LogP contribution in [0.3, 0.4) is 0 Å². The summed E-state index contributed by atoms with van der Waals surface area (Å²) < 4.78 is 12.4. The summed E-state index contributed by atoms with van der Waals surface area (Å²) in [5.41, 5.74) is 5.81. The Morgan fingerprint density at radius 3 is 2.08 bits per heavy atom. The molecule has 2 aromatic carbocycles. The third kappa shape index (κ3) is 2.27. The van der Waals surface area contributed by atoms with E-state index >= 15 is 0 Å². The van der Waals surface area contributed by atoms with Crippen molar-refractivity contribution >= 4 is 12.6 Å². The minimum atomic E-state index is -0.365. The molecule has 1 fully saturated rings. The molecule has 0 saturated carbocycles. The van der Waals surface area contributed by atoms with Gasteiger partial charge in [-0.2, -0.15) is 5.26 Å². The van der Waals surface area contributed by atoms with Crippen LogP contribution < -0.4 is 5.46 Å². The smallest absolute Gasteiger partial charge is 0.399 e. The predicted molar refractivity (Wildman–Crippen MR) is 104 cm³/mol. The van der Waals surface area contributed by atoms with Gasteiger partial charge in [-0.15, -0.1) is 0 Å². The van der Waals surface area contributed by atoms with E-state index in [-0.39, 0.29) is 23.7 Å². The molecule has 0 bridgehead atoms. The molecule has 1 aliphatic carbocycles. The van der Waals surface area contributed by atoms with Gasteiger partial charge >= 0.3 is 7.12 Å². The first-order valence-electron chi connectivity index (χ1n) is 9.12. The Morgan fingerprint density at radius 2 is 1.46 bits per heavy atom. The molecule has 2 aromatic rings. The first-order valence-corrected chi connectivity index (χ1v) is 9.12. The van der Waals surface area contributed by atoms with Crippen molar-refractivity contribution in [2.24, 2.45) is 0 Å². The number of fused-ring (bicyclic) bond motifs is 3. The van der Waals surface area contributed by atoms with Gasteiger partial charge in [0, 0.05) is 5.41 Å². The summed E-state index contributed by atoms with van der Waals surface area (Å²) in [6.45, 7) is 12.7. The van der Waals surface area contributed by atoms with Gasteiger partial charge in [-0.3, -0.25) is 0 Å². The lowest BCUT2D eigenvalue weighted by molar-refractivity contribution is 0.00578. The van der Waals surface area contributed by atoms with Crippen LogP contribution in [0.2, 0.25) is 0 Å². The standard InChI is InChI=1S/C22H24BNO2/c1-20(2)18-10-8-15(23-25-21(3,4)22(5,6)26-23)12-17(18)16-9-7-14(13-24)11-19(16)20/h7-12H,1-6H3. The molecule has 4 heteroatoms. The first kappa shape index (κ1) is 17.3. The van der Waals surface area contributed by atoms with Crippen molar-refractivity contribution in [3.63, 3.8) is 0 Å². The van der Waals surface area contributed by atoms with Gasteiger partial charge in [-0.1, -0.05) is 38.1 Å². The molecule has 1 aliphatic heterocycles. The zero-order chi connectivity index (χ0) is 18.9. The quantitative estimate of drug-likeness (QED) is 0.729. The number of hydrogen-bond acceptors (Lipinski definition) is 3. The third-order valence-electron chi connectivity index (χ3n) is 6.35. The van der Waals surface area contributed by atoms with Gasteiger partial charge in [0.25, 0.3) is 0 Å². The number of rotatable bonds is 1. The van der Waals surface area contributed by atoms with E-state index in [0.717, 1.165) is 5.46 Å². The van der Waals surface area contributed by atoms with Crippen molar-refractivity contribution in [3.8, 4) is 17.2 Å². The van der Waals surface area contributed by atoms with Gasteiger partial charge < -0.3 is 9.31 Å². The van der Waals surface area contributed by atoms with E-state index in [0.29, 0.717) is 5.56 Å². The zero-order valence-electron chi connectivity index (χ0n) is 16.3. The van der Waals surface area contributed by atoms with E-state index in [9.17, 15) is 5.26 Å². The van der Waals surface area contributed by atoms with Crippen LogP contribution in [-0.4, -0.2) is 18.3 Å². The van der Waals surface area contributed by atoms with Crippen molar-refractivity contribution in [2.75, 3.05) is 0 Å². The Balaban J connectivity index is 1.81. The Bertz CT molecular complexity index is 937. The molecular formula is C22H24BNO2. The highest BCUT2D eigenvalue weighted by Gasteiger charge is 2.52. The molecule has 1 heterocycles. The monoisotopic (exact) mass is 345 g/mol. The second-order valence-corrected chi connectivity index (χ2v) is 8.89. The van der Waals surface area contributed by atoms with Crippen molar-refractivity contribution in [1.82, 2.24) is 0 Å². The average Bonchev–Trinajstić information content (AvgIpc) is 2.94. The largest absolute Gasteiger partial charge is 0.494 e. The fourth-order valence-corrected chi connectivity index (χ4v) is 3.97. The number of hydrogen-bond donors (Lipinski definition) is 0. The summed E-state index contributed by atoms with van der Waals surface area (Å²) in [4.78, 5) is 0. The van der Waals surface area contributed by atoms with Crippen molar-refractivity contribution in [3.05, 3.63) is 53.1 Å². The van der Waals surface area contributed by atoms with Crippen LogP contribution >= 0.6 is 0 Å². The molecule has 132 valence electrons. The van der Waals surface area contributed by atoms with Crippen LogP contribution in [0.4, 0.5) is 0 Å². The second-order valence-electron chi connectivity index (χ2n) is 8.89. The maximum absolute atomic E-state index is 9.26.